The highest BCUT2D eigenvalue weighted by atomic mass is 32.1. The number of esters is 1. The third-order valence-corrected chi connectivity index (χ3v) is 6.19. The third-order valence-electron chi connectivity index (χ3n) is 5.27. The second-order valence-electron chi connectivity index (χ2n) is 7.50. The highest BCUT2D eigenvalue weighted by Crippen LogP contribution is 2.37. The molecule has 0 saturated heterocycles. The maximum atomic E-state index is 13.2. The van der Waals surface area contributed by atoms with Crippen LogP contribution in [0.1, 0.15) is 22.9 Å². The third kappa shape index (κ3) is 5.78. The Morgan fingerprint density at radius 2 is 1.89 bits per heavy atom. The molecule has 1 aliphatic rings. The number of benzene rings is 2. The van der Waals surface area contributed by atoms with E-state index in [1.54, 1.807) is 19.2 Å². The number of hydrogen-bond acceptors (Lipinski definition) is 8. The molecule has 0 aliphatic carbocycles. The van der Waals surface area contributed by atoms with Gasteiger partial charge in [0, 0.05) is 12.5 Å². The summed E-state index contributed by atoms with van der Waals surface area (Å²) in [6, 6.07) is 14.2. The molecule has 1 aliphatic heterocycles. The Morgan fingerprint density at radius 3 is 2.60 bits per heavy atom. The lowest BCUT2D eigenvalue weighted by atomic mass is 10.0. The molecule has 0 radical (unpaired) electrons. The number of methoxy groups -OCH3 is 2. The van der Waals surface area contributed by atoms with Crippen LogP contribution in [0, 0.1) is 5.82 Å². The largest absolute Gasteiger partial charge is 0.493 e. The highest BCUT2D eigenvalue weighted by molar-refractivity contribution is 7.12. The first kappa shape index (κ1) is 24.2. The maximum absolute atomic E-state index is 13.2. The standard InChI is InChI=1S/C25H23FN2O6S/c1-31-21-9-8-16(11-22(21)32-2)20-13-19(23-7-4-10-35-23)27-28(20)24(29)14-34-25(30)15-33-18-6-3-5-17(26)12-18/h3-12,20H,13-15H2,1-2H3. The number of hydrogen-bond donors (Lipinski definition) is 0. The summed E-state index contributed by atoms with van der Waals surface area (Å²) < 4.78 is 34.3. The number of halogens is 1. The zero-order chi connectivity index (χ0) is 24.8. The summed E-state index contributed by atoms with van der Waals surface area (Å²) in [6.45, 7) is -0.976. The average molecular weight is 499 g/mol. The van der Waals surface area contributed by atoms with Crippen molar-refractivity contribution in [1.29, 1.82) is 0 Å². The molecule has 0 bridgehead atoms. The molecule has 4 rings (SSSR count). The maximum Gasteiger partial charge on any atom is 0.344 e. The SMILES string of the molecule is COc1ccc(C2CC(c3cccs3)=NN2C(=O)COC(=O)COc2cccc(F)c2)cc1OC. The number of amides is 1. The van der Waals surface area contributed by atoms with Crippen molar-refractivity contribution in [2.24, 2.45) is 5.10 Å². The van der Waals surface area contributed by atoms with Gasteiger partial charge >= 0.3 is 5.97 Å². The summed E-state index contributed by atoms with van der Waals surface area (Å²) in [5, 5.41) is 7.81. The van der Waals surface area contributed by atoms with Gasteiger partial charge in [-0.05, 0) is 41.3 Å². The summed E-state index contributed by atoms with van der Waals surface area (Å²) >= 11 is 1.53. The number of carbonyl (C=O) groups is 2. The van der Waals surface area contributed by atoms with E-state index in [1.807, 2.05) is 23.6 Å². The van der Waals surface area contributed by atoms with Gasteiger partial charge in [-0.25, -0.2) is 14.2 Å². The van der Waals surface area contributed by atoms with E-state index >= 15 is 0 Å². The Labute approximate surface area is 205 Å². The molecule has 182 valence electrons. The number of carbonyl (C=O) groups excluding carboxylic acids is 2. The summed E-state index contributed by atoms with van der Waals surface area (Å²) in [6.07, 6.45) is 0.484. The second-order valence-corrected chi connectivity index (χ2v) is 8.45. The molecule has 1 atom stereocenters. The van der Waals surface area contributed by atoms with Crippen LogP contribution in [-0.2, 0) is 14.3 Å². The number of ether oxygens (including phenoxy) is 4. The van der Waals surface area contributed by atoms with E-state index in [-0.39, 0.29) is 5.75 Å². The zero-order valence-corrected chi connectivity index (χ0v) is 19.9. The lowest BCUT2D eigenvalue weighted by Gasteiger charge is -2.22. The van der Waals surface area contributed by atoms with Crippen molar-refractivity contribution < 1.29 is 32.9 Å². The summed E-state index contributed by atoms with van der Waals surface area (Å²) in [5.41, 5.74) is 1.56. The van der Waals surface area contributed by atoms with Crippen molar-refractivity contribution in [3.63, 3.8) is 0 Å². The Hall–Kier alpha value is -3.92. The smallest absolute Gasteiger partial charge is 0.344 e. The van der Waals surface area contributed by atoms with Crippen LogP contribution in [-0.4, -0.2) is 50.0 Å². The predicted octanol–water partition coefficient (Wildman–Crippen LogP) is 4.20. The van der Waals surface area contributed by atoms with E-state index in [2.05, 4.69) is 5.10 Å². The Morgan fingerprint density at radius 1 is 1.06 bits per heavy atom. The van der Waals surface area contributed by atoms with Crippen LogP contribution in [0.15, 0.2) is 65.1 Å². The lowest BCUT2D eigenvalue weighted by Crippen LogP contribution is -2.32. The van der Waals surface area contributed by atoms with Gasteiger partial charge in [0.15, 0.2) is 24.7 Å². The summed E-state index contributed by atoms with van der Waals surface area (Å²) in [5.74, 6) is -0.448. The number of thiophene rings is 1. The first-order valence-electron chi connectivity index (χ1n) is 10.7. The Kier molecular flexibility index (Phi) is 7.61. The molecule has 8 nitrogen and oxygen atoms in total. The summed E-state index contributed by atoms with van der Waals surface area (Å²) in [4.78, 5) is 26.1. The minimum atomic E-state index is -0.757. The van der Waals surface area contributed by atoms with Crippen LogP contribution in [0.3, 0.4) is 0 Å². The quantitative estimate of drug-likeness (QED) is 0.411. The van der Waals surface area contributed by atoms with Crippen LogP contribution < -0.4 is 14.2 Å². The lowest BCUT2D eigenvalue weighted by molar-refractivity contribution is -0.154. The topological polar surface area (TPSA) is 86.7 Å². The zero-order valence-electron chi connectivity index (χ0n) is 19.1. The molecule has 35 heavy (non-hydrogen) atoms. The number of nitrogens with zero attached hydrogens (tertiary/aromatic N) is 2. The van der Waals surface area contributed by atoms with E-state index in [0.29, 0.717) is 17.9 Å². The van der Waals surface area contributed by atoms with Crippen molar-refractivity contribution >= 4 is 28.9 Å². The van der Waals surface area contributed by atoms with E-state index in [9.17, 15) is 14.0 Å². The fourth-order valence-corrected chi connectivity index (χ4v) is 4.32. The molecule has 0 saturated carbocycles. The molecule has 10 heteroatoms. The molecule has 0 fully saturated rings. The molecule has 1 amide bonds. The van der Waals surface area contributed by atoms with Crippen LogP contribution in [0.2, 0.25) is 0 Å². The van der Waals surface area contributed by atoms with Crippen LogP contribution in [0.5, 0.6) is 17.2 Å². The minimum Gasteiger partial charge on any atom is -0.493 e. The minimum absolute atomic E-state index is 0.187. The Balaban J connectivity index is 1.46. The van der Waals surface area contributed by atoms with Crippen LogP contribution in [0.4, 0.5) is 4.39 Å². The fourth-order valence-electron chi connectivity index (χ4n) is 3.60. The molecule has 0 spiro atoms. The number of rotatable bonds is 9. The van der Waals surface area contributed by atoms with Gasteiger partial charge in [-0.2, -0.15) is 5.10 Å². The molecule has 2 heterocycles. The molecule has 1 aromatic heterocycles. The van der Waals surface area contributed by atoms with Gasteiger partial charge in [-0.3, -0.25) is 4.79 Å². The van der Waals surface area contributed by atoms with Gasteiger partial charge in [0.05, 0.1) is 30.9 Å². The van der Waals surface area contributed by atoms with Gasteiger partial charge in [0.2, 0.25) is 0 Å². The number of hydrazone groups is 1. The van der Waals surface area contributed by atoms with E-state index in [1.165, 1.54) is 41.7 Å². The normalized spacial score (nSPS) is 14.9. The van der Waals surface area contributed by atoms with Crippen LogP contribution >= 0.6 is 11.3 Å². The van der Waals surface area contributed by atoms with E-state index < -0.39 is 36.9 Å². The summed E-state index contributed by atoms with van der Waals surface area (Å²) in [7, 11) is 3.09. The van der Waals surface area contributed by atoms with Gasteiger partial charge in [0.25, 0.3) is 5.91 Å². The second kappa shape index (κ2) is 11.0. The van der Waals surface area contributed by atoms with Gasteiger partial charge in [0.1, 0.15) is 11.6 Å². The molecule has 2 aromatic carbocycles. The van der Waals surface area contributed by atoms with Crippen molar-refractivity contribution in [3.8, 4) is 17.2 Å². The molecule has 1 unspecified atom stereocenters. The van der Waals surface area contributed by atoms with E-state index in [0.717, 1.165) is 22.2 Å². The van der Waals surface area contributed by atoms with Crippen LogP contribution in [0.25, 0.3) is 0 Å². The van der Waals surface area contributed by atoms with E-state index in [4.69, 9.17) is 18.9 Å². The highest BCUT2D eigenvalue weighted by Gasteiger charge is 2.34. The molecule has 3 aromatic rings. The van der Waals surface area contributed by atoms with Gasteiger partial charge in [-0.15, -0.1) is 11.3 Å². The Bertz CT molecular complexity index is 1230. The van der Waals surface area contributed by atoms with Crippen molar-refractivity contribution in [3.05, 3.63) is 76.2 Å². The average Bonchev–Trinajstić information content (AvgIpc) is 3.56. The predicted molar refractivity (Wildman–Crippen MR) is 127 cm³/mol. The van der Waals surface area contributed by atoms with Gasteiger partial charge < -0.3 is 18.9 Å². The van der Waals surface area contributed by atoms with Crippen molar-refractivity contribution in [1.82, 2.24) is 5.01 Å². The molecular formula is C25H23FN2O6S. The first-order chi connectivity index (χ1) is 17.0. The van der Waals surface area contributed by atoms with Crippen molar-refractivity contribution in [2.45, 2.75) is 12.5 Å². The first-order valence-corrected chi connectivity index (χ1v) is 11.6. The molecular weight excluding hydrogens is 475 g/mol. The monoisotopic (exact) mass is 498 g/mol. The van der Waals surface area contributed by atoms with Gasteiger partial charge in [-0.1, -0.05) is 18.2 Å². The fraction of sp³-hybridized carbons (Fsp3) is 0.240. The van der Waals surface area contributed by atoms with Crippen molar-refractivity contribution in [2.75, 3.05) is 27.4 Å². The molecule has 0 N–H and O–H groups in total.